The first-order chi connectivity index (χ1) is 8.58. The van der Waals surface area contributed by atoms with Crippen LogP contribution in [0.3, 0.4) is 0 Å². The van der Waals surface area contributed by atoms with Gasteiger partial charge in [0.05, 0.1) is 0 Å². The highest BCUT2D eigenvalue weighted by molar-refractivity contribution is 6.30. The van der Waals surface area contributed by atoms with Crippen molar-refractivity contribution in [1.29, 1.82) is 0 Å². The second-order valence-electron chi connectivity index (χ2n) is 4.10. The smallest absolute Gasteiger partial charge is 0.219 e. The molecule has 1 aromatic heterocycles. The lowest BCUT2D eigenvalue weighted by Crippen LogP contribution is -1.94. The normalized spacial score (nSPS) is 10.4. The lowest BCUT2D eigenvalue weighted by Gasteiger charge is -2.09. The van der Waals surface area contributed by atoms with Crippen LogP contribution in [0.15, 0.2) is 30.3 Å². The first kappa shape index (κ1) is 13.2. The predicted octanol–water partition coefficient (Wildman–Crippen LogP) is 4.88. The SMILES string of the molecule is Cc1cc(CCl)cc(Oc2ccc(Cl)cc2C)n1. The molecule has 4 heteroatoms. The van der Waals surface area contributed by atoms with Gasteiger partial charge in [-0.15, -0.1) is 11.6 Å². The van der Waals surface area contributed by atoms with Gasteiger partial charge in [-0.05, 0) is 49.2 Å². The Labute approximate surface area is 117 Å². The zero-order chi connectivity index (χ0) is 13.1. The number of halogens is 2. The van der Waals surface area contributed by atoms with E-state index in [9.17, 15) is 0 Å². The van der Waals surface area contributed by atoms with Crippen LogP contribution in [0.2, 0.25) is 5.02 Å². The third-order valence-electron chi connectivity index (χ3n) is 2.50. The van der Waals surface area contributed by atoms with Crippen molar-refractivity contribution in [3.8, 4) is 11.6 Å². The van der Waals surface area contributed by atoms with E-state index in [0.717, 1.165) is 22.6 Å². The Balaban J connectivity index is 2.30. The number of hydrogen-bond donors (Lipinski definition) is 0. The molecule has 18 heavy (non-hydrogen) atoms. The molecule has 0 spiro atoms. The third kappa shape index (κ3) is 3.15. The van der Waals surface area contributed by atoms with Crippen molar-refractivity contribution in [3.05, 3.63) is 52.2 Å². The largest absolute Gasteiger partial charge is 0.439 e. The van der Waals surface area contributed by atoms with Crippen LogP contribution in [0.25, 0.3) is 0 Å². The lowest BCUT2D eigenvalue weighted by atomic mass is 10.2. The molecule has 2 rings (SSSR count). The quantitative estimate of drug-likeness (QED) is 0.748. The van der Waals surface area contributed by atoms with Gasteiger partial charge < -0.3 is 4.74 Å². The number of hydrogen-bond acceptors (Lipinski definition) is 2. The Kier molecular flexibility index (Phi) is 4.10. The molecular formula is C14H13Cl2NO. The third-order valence-corrected chi connectivity index (χ3v) is 3.04. The fraction of sp³-hybridized carbons (Fsp3) is 0.214. The number of alkyl halides is 1. The number of rotatable bonds is 3. The van der Waals surface area contributed by atoms with Crippen molar-refractivity contribution in [2.75, 3.05) is 0 Å². The zero-order valence-electron chi connectivity index (χ0n) is 10.2. The maximum Gasteiger partial charge on any atom is 0.219 e. The van der Waals surface area contributed by atoms with Crippen molar-refractivity contribution >= 4 is 23.2 Å². The molecule has 0 atom stereocenters. The van der Waals surface area contributed by atoms with Gasteiger partial charge in [0.25, 0.3) is 0 Å². The first-order valence-electron chi connectivity index (χ1n) is 5.56. The van der Waals surface area contributed by atoms with Gasteiger partial charge in [0.2, 0.25) is 5.88 Å². The second-order valence-corrected chi connectivity index (χ2v) is 4.80. The average molecular weight is 282 g/mol. The van der Waals surface area contributed by atoms with E-state index in [1.807, 2.05) is 38.1 Å². The van der Waals surface area contributed by atoms with Gasteiger partial charge in [0.1, 0.15) is 5.75 Å². The van der Waals surface area contributed by atoms with Gasteiger partial charge >= 0.3 is 0 Å². The minimum absolute atomic E-state index is 0.444. The van der Waals surface area contributed by atoms with Crippen LogP contribution >= 0.6 is 23.2 Å². The van der Waals surface area contributed by atoms with Gasteiger partial charge in [-0.3, -0.25) is 0 Å². The summed E-state index contributed by atoms with van der Waals surface area (Å²) in [6.45, 7) is 3.86. The summed E-state index contributed by atoms with van der Waals surface area (Å²) in [5, 5.41) is 0.693. The van der Waals surface area contributed by atoms with E-state index in [1.54, 1.807) is 6.07 Å². The molecule has 1 aromatic carbocycles. The summed E-state index contributed by atoms with van der Waals surface area (Å²) in [4.78, 5) is 4.33. The fourth-order valence-electron chi connectivity index (χ4n) is 1.68. The Morgan fingerprint density at radius 3 is 2.61 bits per heavy atom. The number of aryl methyl sites for hydroxylation is 2. The van der Waals surface area contributed by atoms with Gasteiger partial charge in [-0.1, -0.05) is 11.6 Å². The van der Waals surface area contributed by atoms with Crippen LogP contribution < -0.4 is 4.74 Å². The molecule has 0 N–H and O–H groups in total. The van der Waals surface area contributed by atoms with Crippen LogP contribution in [0.4, 0.5) is 0 Å². The lowest BCUT2D eigenvalue weighted by molar-refractivity contribution is 0.457. The highest BCUT2D eigenvalue weighted by Crippen LogP contribution is 2.27. The maximum absolute atomic E-state index is 5.90. The topological polar surface area (TPSA) is 22.1 Å². The standard InChI is InChI=1S/C14H13Cl2NO/c1-9-5-12(16)3-4-13(9)18-14-7-11(8-15)6-10(2)17-14/h3-7H,8H2,1-2H3. The summed E-state index contributed by atoms with van der Waals surface area (Å²) in [5.74, 6) is 1.74. The molecule has 0 bridgehead atoms. The molecule has 0 aliphatic rings. The van der Waals surface area contributed by atoms with E-state index in [2.05, 4.69) is 4.98 Å². The van der Waals surface area contributed by atoms with E-state index >= 15 is 0 Å². The molecule has 0 aliphatic heterocycles. The van der Waals surface area contributed by atoms with Crippen molar-refractivity contribution in [2.45, 2.75) is 19.7 Å². The maximum atomic E-state index is 5.90. The molecule has 0 aliphatic carbocycles. The van der Waals surface area contributed by atoms with Gasteiger partial charge in [-0.2, -0.15) is 0 Å². The molecule has 0 radical (unpaired) electrons. The minimum atomic E-state index is 0.444. The van der Waals surface area contributed by atoms with E-state index in [0.29, 0.717) is 16.8 Å². The Hall–Kier alpha value is -1.25. The van der Waals surface area contributed by atoms with E-state index in [-0.39, 0.29) is 0 Å². The Morgan fingerprint density at radius 1 is 1.17 bits per heavy atom. The second kappa shape index (κ2) is 5.59. The molecular weight excluding hydrogens is 269 g/mol. The van der Waals surface area contributed by atoms with Crippen LogP contribution in [0.1, 0.15) is 16.8 Å². The molecule has 1 heterocycles. The van der Waals surface area contributed by atoms with E-state index in [4.69, 9.17) is 27.9 Å². The molecule has 0 fully saturated rings. The molecule has 2 nitrogen and oxygen atoms in total. The van der Waals surface area contributed by atoms with Crippen molar-refractivity contribution in [2.24, 2.45) is 0 Å². The first-order valence-corrected chi connectivity index (χ1v) is 6.47. The van der Waals surface area contributed by atoms with Gasteiger partial charge in [0, 0.05) is 22.7 Å². The molecule has 0 saturated heterocycles. The van der Waals surface area contributed by atoms with Crippen LogP contribution in [-0.4, -0.2) is 4.98 Å². The molecule has 2 aromatic rings. The predicted molar refractivity (Wildman–Crippen MR) is 74.8 cm³/mol. The van der Waals surface area contributed by atoms with E-state index in [1.165, 1.54) is 0 Å². The summed E-state index contributed by atoms with van der Waals surface area (Å²) >= 11 is 11.7. The highest BCUT2D eigenvalue weighted by Gasteiger charge is 2.05. The number of ether oxygens (including phenoxy) is 1. The fourth-order valence-corrected chi connectivity index (χ4v) is 2.06. The zero-order valence-corrected chi connectivity index (χ0v) is 11.7. The Bertz CT molecular complexity index is 570. The monoisotopic (exact) mass is 281 g/mol. The molecule has 0 saturated carbocycles. The van der Waals surface area contributed by atoms with Gasteiger partial charge in [0.15, 0.2) is 0 Å². The summed E-state index contributed by atoms with van der Waals surface area (Å²) < 4.78 is 5.76. The van der Waals surface area contributed by atoms with Crippen LogP contribution in [-0.2, 0) is 5.88 Å². The summed E-state index contributed by atoms with van der Waals surface area (Å²) in [5.41, 5.74) is 2.85. The number of aromatic nitrogens is 1. The molecule has 0 unspecified atom stereocenters. The number of nitrogens with zero attached hydrogens (tertiary/aromatic N) is 1. The highest BCUT2D eigenvalue weighted by atomic mass is 35.5. The Morgan fingerprint density at radius 2 is 1.94 bits per heavy atom. The summed E-state index contributed by atoms with van der Waals surface area (Å²) in [7, 11) is 0. The number of pyridine rings is 1. The van der Waals surface area contributed by atoms with Crippen molar-refractivity contribution in [3.63, 3.8) is 0 Å². The van der Waals surface area contributed by atoms with E-state index < -0.39 is 0 Å². The van der Waals surface area contributed by atoms with Crippen LogP contribution in [0.5, 0.6) is 11.6 Å². The van der Waals surface area contributed by atoms with Crippen molar-refractivity contribution < 1.29 is 4.74 Å². The van der Waals surface area contributed by atoms with Crippen molar-refractivity contribution in [1.82, 2.24) is 4.98 Å². The average Bonchev–Trinajstić information content (AvgIpc) is 2.32. The minimum Gasteiger partial charge on any atom is -0.439 e. The molecule has 0 amide bonds. The molecule has 94 valence electrons. The summed E-state index contributed by atoms with van der Waals surface area (Å²) in [6, 6.07) is 9.27. The van der Waals surface area contributed by atoms with Crippen LogP contribution in [0, 0.1) is 13.8 Å². The number of benzene rings is 1. The van der Waals surface area contributed by atoms with Gasteiger partial charge in [-0.25, -0.2) is 4.98 Å². The summed E-state index contributed by atoms with van der Waals surface area (Å²) in [6.07, 6.45) is 0.